The van der Waals surface area contributed by atoms with E-state index in [9.17, 15) is 23.2 Å². The largest absolute Gasteiger partial charge is 0.456 e. The van der Waals surface area contributed by atoms with Crippen LogP contribution in [0, 0.1) is 13.8 Å². The number of rotatable bonds is 8. The van der Waals surface area contributed by atoms with E-state index in [1.807, 2.05) is 0 Å². The molecule has 2 aromatic rings. The Balaban J connectivity index is 2.13. The predicted molar refractivity (Wildman–Crippen MR) is 99.3 cm³/mol. The minimum absolute atomic E-state index is 0.0214. The number of esters is 1. The molecule has 0 saturated carbocycles. The van der Waals surface area contributed by atoms with E-state index in [0.29, 0.717) is 16.9 Å². The van der Waals surface area contributed by atoms with Gasteiger partial charge in [-0.25, -0.2) is 9.59 Å². The first-order valence-corrected chi connectivity index (χ1v) is 8.60. The van der Waals surface area contributed by atoms with Crippen molar-refractivity contribution in [3.63, 3.8) is 0 Å². The Morgan fingerprint density at radius 3 is 2.34 bits per heavy atom. The highest BCUT2D eigenvalue weighted by atomic mass is 19.3. The van der Waals surface area contributed by atoms with Crippen LogP contribution in [-0.4, -0.2) is 41.6 Å². The second kappa shape index (κ2) is 9.18. The van der Waals surface area contributed by atoms with Gasteiger partial charge in [0, 0.05) is 22.6 Å². The van der Waals surface area contributed by atoms with Gasteiger partial charge in [0.25, 0.3) is 0 Å². The molecule has 0 aliphatic heterocycles. The van der Waals surface area contributed by atoms with E-state index in [4.69, 9.17) is 10.5 Å². The minimum Gasteiger partial charge on any atom is -0.456 e. The van der Waals surface area contributed by atoms with Gasteiger partial charge in [0.15, 0.2) is 6.61 Å². The van der Waals surface area contributed by atoms with Crippen molar-refractivity contribution in [2.24, 2.45) is 5.73 Å². The van der Waals surface area contributed by atoms with Gasteiger partial charge in [-0.2, -0.15) is 8.78 Å². The monoisotopic (exact) mass is 409 g/mol. The van der Waals surface area contributed by atoms with Crippen LogP contribution in [0.25, 0.3) is 5.69 Å². The number of benzene rings is 1. The smallest absolute Gasteiger partial charge is 0.387 e. The maximum absolute atomic E-state index is 12.5. The average Bonchev–Trinajstić information content (AvgIpc) is 2.93. The fourth-order valence-electron chi connectivity index (χ4n) is 2.83. The number of nitrogens with two attached hydrogens (primary N) is 1. The van der Waals surface area contributed by atoms with E-state index in [1.165, 1.54) is 19.1 Å². The molecule has 1 atom stereocenters. The van der Waals surface area contributed by atoms with E-state index in [1.54, 1.807) is 36.6 Å². The first-order valence-electron chi connectivity index (χ1n) is 8.60. The van der Waals surface area contributed by atoms with Gasteiger partial charge >= 0.3 is 18.6 Å². The lowest BCUT2D eigenvalue weighted by Crippen LogP contribution is -2.42. The molecule has 10 heteroatoms. The fourth-order valence-corrected chi connectivity index (χ4v) is 2.83. The van der Waals surface area contributed by atoms with Crippen LogP contribution in [0.2, 0.25) is 0 Å². The number of urea groups is 1. The molecule has 1 aromatic heterocycles. The van der Waals surface area contributed by atoms with Gasteiger partial charge in [-0.05, 0) is 51.1 Å². The average molecular weight is 409 g/mol. The van der Waals surface area contributed by atoms with Gasteiger partial charge in [-0.15, -0.1) is 0 Å². The number of ether oxygens (including phenoxy) is 2. The predicted octanol–water partition coefficient (Wildman–Crippen LogP) is 2.48. The summed E-state index contributed by atoms with van der Waals surface area (Å²) in [5.74, 6) is -1.20. The Labute approximate surface area is 165 Å². The summed E-state index contributed by atoms with van der Waals surface area (Å²) >= 11 is 0. The number of nitrogens with one attached hydrogen (secondary N) is 1. The number of halogens is 2. The van der Waals surface area contributed by atoms with Crippen LogP contribution in [0.15, 0.2) is 30.3 Å². The summed E-state index contributed by atoms with van der Waals surface area (Å²) in [5.41, 5.74) is 7.25. The molecule has 2 rings (SSSR count). The van der Waals surface area contributed by atoms with E-state index < -0.39 is 37.0 Å². The summed E-state index contributed by atoms with van der Waals surface area (Å²) in [7, 11) is 0. The van der Waals surface area contributed by atoms with E-state index >= 15 is 0 Å². The highest BCUT2D eigenvalue weighted by Crippen LogP contribution is 2.24. The number of carbonyl (C=O) groups excluding carboxylic acids is 3. The molecular formula is C19H21F2N3O5. The number of hydrogen-bond donors (Lipinski definition) is 2. The van der Waals surface area contributed by atoms with E-state index in [2.05, 4.69) is 10.1 Å². The molecule has 0 aliphatic rings. The lowest BCUT2D eigenvalue weighted by Gasteiger charge is -2.12. The second-order valence-corrected chi connectivity index (χ2v) is 6.25. The molecule has 0 fully saturated rings. The number of nitrogens with zero attached hydrogens (tertiary/aromatic N) is 1. The zero-order valence-electron chi connectivity index (χ0n) is 16.1. The molecule has 156 valence electrons. The van der Waals surface area contributed by atoms with Crippen LogP contribution in [0.4, 0.5) is 13.6 Å². The molecule has 0 spiro atoms. The molecule has 0 unspecified atom stereocenters. The van der Waals surface area contributed by atoms with Crippen molar-refractivity contribution in [2.75, 3.05) is 6.61 Å². The molecule has 3 N–H and O–H groups in total. The Kier molecular flexibility index (Phi) is 6.92. The number of alkyl halides is 2. The molecule has 2 amide bonds. The van der Waals surface area contributed by atoms with Crippen molar-refractivity contribution in [2.45, 2.75) is 33.4 Å². The van der Waals surface area contributed by atoms with Gasteiger partial charge in [0.2, 0.25) is 5.78 Å². The Morgan fingerprint density at radius 1 is 1.17 bits per heavy atom. The van der Waals surface area contributed by atoms with Crippen molar-refractivity contribution in [1.29, 1.82) is 0 Å². The Hall–Kier alpha value is -3.43. The minimum atomic E-state index is -2.91. The normalized spacial score (nSPS) is 11.8. The fraction of sp³-hybridized carbons (Fsp3) is 0.316. The summed E-state index contributed by atoms with van der Waals surface area (Å²) in [6, 6.07) is 5.75. The summed E-state index contributed by atoms with van der Waals surface area (Å²) in [5, 5.41) is 2.16. The molecule has 29 heavy (non-hydrogen) atoms. The third-order valence-electron chi connectivity index (χ3n) is 4.11. The molecule has 8 nitrogen and oxygen atoms in total. The number of amides is 2. The van der Waals surface area contributed by atoms with Crippen molar-refractivity contribution < 1.29 is 32.6 Å². The van der Waals surface area contributed by atoms with E-state index in [-0.39, 0.29) is 5.75 Å². The first-order chi connectivity index (χ1) is 13.6. The number of aryl methyl sites for hydroxylation is 1. The van der Waals surface area contributed by atoms with Crippen LogP contribution in [0.3, 0.4) is 0 Å². The number of aromatic nitrogens is 1. The number of hydrogen-bond acceptors (Lipinski definition) is 5. The van der Waals surface area contributed by atoms with Crippen molar-refractivity contribution in [1.82, 2.24) is 9.88 Å². The third kappa shape index (κ3) is 5.53. The first kappa shape index (κ1) is 21.9. The highest BCUT2D eigenvalue weighted by Gasteiger charge is 2.21. The molecule has 0 radical (unpaired) electrons. The molecule has 1 heterocycles. The quantitative estimate of drug-likeness (QED) is 0.514. The van der Waals surface area contributed by atoms with Crippen LogP contribution in [0.1, 0.15) is 28.7 Å². The molecule has 0 bridgehead atoms. The Morgan fingerprint density at radius 2 is 1.79 bits per heavy atom. The third-order valence-corrected chi connectivity index (χ3v) is 4.11. The van der Waals surface area contributed by atoms with Crippen molar-refractivity contribution >= 4 is 17.8 Å². The van der Waals surface area contributed by atoms with Gasteiger partial charge in [-0.1, -0.05) is 0 Å². The Bertz CT molecular complexity index is 909. The van der Waals surface area contributed by atoms with Gasteiger partial charge in [-0.3, -0.25) is 4.79 Å². The van der Waals surface area contributed by atoms with Crippen LogP contribution < -0.4 is 15.8 Å². The topological polar surface area (TPSA) is 113 Å². The number of Topliss-reactive ketones (excluding diaryl/α,β-unsaturated/α-hetero) is 1. The molecule has 0 aliphatic carbocycles. The van der Waals surface area contributed by atoms with Gasteiger partial charge in [0.1, 0.15) is 11.8 Å². The lowest BCUT2D eigenvalue weighted by atomic mass is 10.1. The second-order valence-electron chi connectivity index (χ2n) is 6.25. The van der Waals surface area contributed by atoms with E-state index in [0.717, 1.165) is 5.69 Å². The number of ketones is 1. The van der Waals surface area contributed by atoms with Crippen LogP contribution in [0.5, 0.6) is 5.75 Å². The molecule has 0 saturated heterocycles. The summed E-state index contributed by atoms with van der Waals surface area (Å²) in [4.78, 5) is 35.0. The van der Waals surface area contributed by atoms with Gasteiger partial charge in [0.05, 0.1) is 0 Å². The summed E-state index contributed by atoms with van der Waals surface area (Å²) < 4.78 is 35.6. The summed E-state index contributed by atoms with van der Waals surface area (Å²) in [6.07, 6.45) is 0. The highest BCUT2D eigenvalue weighted by molar-refractivity contribution is 5.99. The summed E-state index contributed by atoms with van der Waals surface area (Å²) in [6.45, 7) is 1.45. The van der Waals surface area contributed by atoms with Gasteiger partial charge < -0.3 is 25.1 Å². The number of primary amides is 1. The standard InChI is InChI=1S/C19H21F2N3O5/c1-10-8-15(16(25)9-28-17(26)11(2)23-19(22)27)12(3)24(10)13-4-6-14(7-5-13)29-18(20)21/h4-8,11,18H,9H2,1-3H3,(H3,22,23,27)/t11-/m1/s1. The maximum atomic E-state index is 12.5. The van der Waals surface area contributed by atoms with Crippen molar-refractivity contribution in [3.8, 4) is 11.4 Å². The van der Waals surface area contributed by atoms with Crippen LogP contribution in [-0.2, 0) is 9.53 Å². The maximum Gasteiger partial charge on any atom is 0.387 e. The number of carbonyl (C=O) groups is 3. The zero-order valence-corrected chi connectivity index (χ0v) is 16.1. The van der Waals surface area contributed by atoms with Crippen LogP contribution >= 0.6 is 0 Å². The molecular weight excluding hydrogens is 388 g/mol. The van der Waals surface area contributed by atoms with Crippen molar-refractivity contribution in [3.05, 3.63) is 47.3 Å². The SMILES string of the molecule is Cc1cc(C(=O)COC(=O)[C@@H](C)NC(N)=O)c(C)n1-c1ccc(OC(F)F)cc1. The zero-order chi connectivity index (χ0) is 21.7. The molecule has 1 aromatic carbocycles. The lowest BCUT2D eigenvalue weighted by molar-refractivity contribution is -0.144.